The van der Waals surface area contributed by atoms with Crippen LogP contribution in [0.25, 0.3) is 11.0 Å². The molecule has 150 valence electrons. The SMILES string of the molecule is CC(C)n1cnc2cnc(Nc3ccnc(N4CC5(CN(C(=O)O)C5)C4)n3)cc21. The first-order valence-electron chi connectivity index (χ1n) is 9.58. The minimum Gasteiger partial charge on any atom is -0.465 e. The summed E-state index contributed by atoms with van der Waals surface area (Å²) in [6, 6.07) is 4.08. The molecule has 0 unspecified atom stereocenters. The molecule has 2 aliphatic heterocycles. The zero-order chi connectivity index (χ0) is 20.2. The van der Waals surface area contributed by atoms with Crippen molar-refractivity contribution in [3.05, 3.63) is 30.9 Å². The number of nitrogens with one attached hydrogen (secondary N) is 1. The van der Waals surface area contributed by atoms with Crippen LogP contribution in [-0.2, 0) is 0 Å². The average molecular weight is 394 g/mol. The largest absolute Gasteiger partial charge is 0.465 e. The average Bonchev–Trinajstić information content (AvgIpc) is 3.03. The number of anilines is 3. The van der Waals surface area contributed by atoms with Gasteiger partial charge in [0.1, 0.15) is 17.2 Å². The molecule has 2 N–H and O–H groups in total. The van der Waals surface area contributed by atoms with Crippen molar-refractivity contribution in [3.8, 4) is 0 Å². The summed E-state index contributed by atoms with van der Waals surface area (Å²) in [5.41, 5.74) is 1.94. The molecule has 5 rings (SSSR count). The third kappa shape index (κ3) is 3.00. The van der Waals surface area contributed by atoms with Gasteiger partial charge >= 0.3 is 6.09 Å². The van der Waals surface area contributed by atoms with E-state index < -0.39 is 6.09 Å². The van der Waals surface area contributed by atoms with Crippen molar-refractivity contribution >= 4 is 34.7 Å². The second kappa shape index (κ2) is 6.29. The molecule has 3 aromatic heterocycles. The highest BCUT2D eigenvalue weighted by Crippen LogP contribution is 2.41. The van der Waals surface area contributed by atoms with E-state index in [0.29, 0.717) is 36.7 Å². The summed E-state index contributed by atoms with van der Waals surface area (Å²) in [6.07, 6.45) is 4.45. The van der Waals surface area contributed by atoms with Crippen LogP contribution in [0.5, 0.6) is 0 Å². The zero-order valence-electron chi connectivity index (χ0n) is 16.3. The Labute approximate surface area is 167 Å². The van der Waals surface area contributed by atoms with Gasteiger partial charge in [0.25, 0.3) is 0 Å². The first-order valence-corrected chi connectivity index (χ1v) is 9.58. The Bertz CT molecular complexity index is 1080. The molecule has 3 aromatic rings. The second-order valence-electron chi connectivity index (χ2n) is 8.17. The molecule has 0 aliphatic carbocycles. The first kappa shape index (κ1) is 17.7. The maximum Gasteiger partial charge on any atom is 0.407 e. The van der Waals surface area contributed by atoms with Crippen LogP contribution in [0.4, 0.5) is 22.4 Å². The number of likely N-dealkylation sites (tertiary alicyclic amines) is 1. The fourth-order valence-corrected chi connectivity index (χ4v) is 4.12. The molecular formula is C19H22N8O2. The topological polar surface area (TPSA) is 112 Å². The Morgan fingerprint density at radius 1 is 1.17 bits per heavy atom. The van der Waals surface area contributed by atoms with Crippen LogP contribution in [-0.4, -0.2) is 66.8 Å². The first-order chi connectivity index (χ1) is 13.9. The van der Waals surface area contributed by atoms with Crippen molar-refractivity contribution in [2.75, 3.05) is 36.4 Å². The van der Waals surface area contributed by atoms with E-state index in [1.165, 1.54) is 4.90 Å². The Morgan fingerprint density at radius 3 is 2.69 bits per heavy atom. The molecule has 5 heterocycles. The van der Waals surface area contributed by atoms with Crippen molar-refractivity contribution in [3.63, 3.8) is 0 Å². The molecule has 2 aliphatic rings. The number of aromatic nitrogens is 5. The van der Waals surface area contributed by atoms with Crippen LogP contribution in [0.2, 0.25) is 0 Å². The fourth-order valence-electron chi connectivity index (χ4n) is 4.12. The van der Waals surface area contributed by atoms with Crippen molar-refractivity contribution in [1.82, 2.24) is 29.4 Å². The minimum absolute atomic E-state index is 0.0625. The summed E-state index contributed by atoms with van der Waals surface area (Å²) in [5, 5.41) is 12.3. The Balaban J connectivity index is 1.29. The Hall–Kier alpha value is -3.43. The number of amides is 1. The number of carbonyl (C=O) groups is 1. The van der Waals surface area contributed by atoms with Crippen molar-refractivity contribution in [1.29, 1.82) is 0 Å². The van der Waals surface area contributed by atoms with Crippen molar-refractivity contribution < 1.29 is 9.90 Å². The van der Waals surface area contributed by atoms with Crippen LogP contribution in [0.3, 0.4) is 0 Å². The molecule has 0 aromatic carbocycles. The fraction of sp³-hybridized carbons (Fsp3) is 0.421. The van der Waals surface area contributed by atoms with Gasteiger partial charge in [-0.15, -0.1) is 0 Å². The van der Waals surface area contributed by atoms with E-state index in [4.69, 9.17) is 5.11 Å². The number of pyridine rings is 1. The van der Waals surface area contributed by atoms with Gasteiger partial charge in [-0.2, -0.15) is 4.98 Å². The Kier molecular flexibility index (Phi) is 3.83. The van der Waals surface area contributed by atoms with Crippen LogP contribution in [0.1, 0.15) is 19.9 Å². The van der Waals surface area contributed by atoms with Crippen molar-refractivity contribution in [2.24, 2.45) is 5.41 Å². The molecular weight excluding hydrogens is 372 g/mol. The maximum atomic E-state index is 11.0. The number of nitrogens with zero attached hydrogens (tertiary/aromatic N) is 7. The molecule has 1 spiro atoms. The van der Waals surface area contributed by atoms with Gasteiger partial charge in [0, 0.05) is 49.9 Å². The lowest BCUT2D eigenvalue weighted by molar-refractivity contribution is -0.0101. The Morgan fingerprint density at radius 2 is 1.97 bits per heavy atom. The molecule has 1 amide bonds. The lowest BCUT2D eigenvalue weighted by Crippen LogP contribution is -2.73. The molecule has 2 saturated heterocycles. The van der Waals surface area contributed by atoms with Gasteiger partial charge in [-0.3, -0.25) is 0 Å². The predicted molar refractivity (Wildman–Crippen MR) is 107 cm³/mol. The van der Waals surface area contributed by atoms with E-state index in [9.17, 15) is 4.79 Å². The van der Waals surface area contributed by atoms with E-state index in [-0.39, 0.29) is 5.41 Å². The summed E-state index contributed by atoms with van der Waals surface area (Å²) in [5.74, 6) is 2.00. The molecule has 0 atom stereocenters. The minimum atomic E-state index is -0.847. The van der Waals surface area contributed by atoms with Crippen LogP contribution in [0.15, 0.2) is 30.9 Å². The molecule has 10 nitrogen and oxygen atoms in total. The number of hydrogen-bond acceptors (Lipinski definition) is 7. The maximum absolute atomic E-state index is 11.0. The highest BCUT2D eigenvalue weighted by atomic mass is 16.4. The summed E-state index contributed by atoms with van der Waals surface area (Å²) >= 11 is 0. The quantitative estimate of drug-likeness (QED) is 0.693. The van der Waals surface area contributed by atoms with E-state index in [2.05, 4.69) is 48.6 Å². The predicted octanol–water partition coefficient (Wildman–Crippen LogP) is 2.35. The second-order valence-corrected chi connectivity index (χ2v) is 8.17. The van der Waals surface area contributed by atoms with Gasteiger partial charge in [0.05, 0.1) is 18.0 Å². The molecule has 0 bridgehead atoms. The number of rotatable bonds is 4. The molecule has 10 heteroatoms. The lowest BCUT2D eigenvalue weighted by Gasteiger charge is -2.59. The summed E-state index contributed by atoms with van der Waals surface area (Å²) in [6.45, 7) is 6.95. The van der Waals surface area contributed by atoms with Crippen LogP contribution < -0.4 is 10.2 Å². The molecule has 0 saturated carbocycles. The van der Waals surface area contributed by atoms with Crippen LogP contribution in [0, 0.1) is 5.41 Å². The zero-order valence-corrected chi connectivity index (χ0v) is 16.3. The number of carboxylic acid groups (broad SMARTS) is 1. The van der Waals surface area contributed by atoms with E-state index >= 15 is 0 Å². The molecule has 29 heavy (non-hydrogen) atoms. The van der Waals surface area contributed by atoms with Crippen molar-refractivity contribution in [2.45, 2.75) is 19.9 Å². The van der Waals surface area contributed by atoms with E-state index in [1.807, 2.05) is 12.4 Å². The monoisotopic (exact) mass is 394 g/mol. The molecule has 2 fully saturated rings. The summed E-state index contributed by atoms with van der Waals surface area (Å²) in [4.78, 5) is 32.3. The number of imidazole rings is 1. The van der Waals surface area contributed by atoms with Gasteiger partial charge in [-0.1, -0.05) is 0 Å². The molecule has 0 radical (unpaired) electrons. The summed E-state index contributed by atoms with van der Waals surface area (Å²) < 4.78 is 2.10. The van der Waals surface area contributed by atoms with E-state index in [1.54, 1.807) is 18.5 Å². The highest BCUT2D eigenvalue weighted by Gasteiger charge is 2.54. The van der Waals surface area contributed by atoms with Crippen LogP contribution >= 0.6 is 0 Å². The number of fused-ring (bicyclic) bond motifs is 1. The third-order valence-corrected chi connectivity index (χ3v) is 5.57. The summed E-state index contributed by atoms with van der Waals surface area (Å²) in [7, 11) is 0. The van der Waals surface area contributed by atoms with Gasteiger partial charge in [0.2, 0.25) is 5.95 Å². The third-order valence-electron chi connectivity index (χ3n) is 5.57. The normalized spacial score (nSPS) is 17.5. The van der Waals surface area contributed by atoms with Gasteiger partial charge in [0.15, 0.2) is 0 Å². The van der Waals surface area contributed by atoms with E-state index in [0.717, 1.165) is 24.1 Å². The lowest BCUT2D eigenvalue weighted by atomic mass is 9.73. The number of hydrogen-bond donors (Lipinski definition) is 2. The van der Waals surface area contributed by atoms with Gasteiger partial charge in [-0.25, -0.2) is 19.7 Å². The highest BCUT2D eigenvalue weighted by molar-refractivity contribution is 5.78. The smallest absolute Gasteiger partial charge is 0.407 e. The standard InChI is InChI=1S/C19H22N8O2/c1-12(2)27-11-22-13-6-21-16(5-14(13)27)23-15-3-4-20-17(24-15)25-7-19(8-25)9-26(10-19)18(28)29/h3-6,11-12H,7-10H2,1-2H3,(H,28,29)(H,20,21,23,24). The van der Waals surface area contributed by atoms with Gasteiger partial charge in [-0.05, 0) is 19.9 Å². The van der Waals surface area contributed by atoms with Gasteiger partial charge < -0.3 is 24.8 Å².